The van der Waals surface area contributed by atoms with Gasteiger partial charge in [0.25, 0.3) is 0 Å². The smallest absolute Gasteiger partial charge is 0.336 e. The predicted molar refractivity (Wildman–Crippen MR) is 72.1 cm³/mol. The van der Waals surface area contributed by atoms with Crippen LogP contribution in [0.5, 0.6) is 0 Å². The Kier molecular flexibility index (Phi) is 5.05. The van der Waals surface area contributed by atoms with E-state index in [4.69, 9.17) is 14.6 Å². The van der Waals surface area contributed by atoms with Crippen molar-refractivity contribution in [1.82, 2.24) is 0 Å². The first kappa shape index (κ1) is 13.9. The maximum atomic E-state index is 11.0. The monoisotopic (exact) mass is 332 g/mol. The Morgan fingerprint density at radius 2 is 2.39 bits per heavy atom. The highest BCUT2D eigenvalue weighted by Crippen LogP contribution is 2.26. The van der Waals surface area contributed by atoms with Crippen molar-refractivity contribution in [2.24, 2.45) is 0 Å². The zero-order chi connectivity index (χ0) is 13.0. The number of halogens is 1. The Morgan fingerprint density at radius 1 is 1.56 bits per heavy atom. The van der Waals surface area contributed by atoms with Gasteiger partial charge in [-0.2, -0.15) is 0 Å². The van der Waals surface area contributed by atoms with Crippen molar-refractivity contribution in [3.05, 3.63) is 28.2 Å². The Morgan fingerprint density at radius 3 is 3.06 bits per heavy atom. The third-order valence-electron chi connectivity index (χ3n) is 2.58. The fourth-order valence-corrected chi connectivity index (χ4v) is 3.00. The second-order valence-electron chi connectivity index (χ2n) is 3.86. The summed E-state index contributed by atoms with van der Waals surface area (Å²) in [6, 6.07) is 5.34. The molecule has 0 amide bonds. The summed E-state index contributed by atoms with van der Waals surface area (Å²) in [5.74, 6) is -0.115. The summed E-state index contributed by atoms with van der Waals surface area (Å²) in [7, 11) is 0. The van der Waals surface area contributed by atoms with Crippen LogP contribution in [0.1, 0.15) is 16.8 Å². The van der Waals surface area contributed by atoms with Gasteiger partial charge in [0.05, 0.1) is 18.3 Å². The molecule has 0 radical (unpaired) electrons. The van der Waals surface area contributed by atoms with Crippen LogP contribution in [0.3, 0.4) is 0 Å². The van der Waals surface area contributed by atoms with E-state index in [1.807, 2.05) is 6.07 Å². The van der Waals surface area contributed by atoms with Gasteiger partial charge >= 0.3 is 5.97 Å². The molecule has 1 saturated heterocycles. The molecule has 1 aromatic rings. The van der Waals surface area contributed by atoms with Crippen LogP contribution in [0.4, 0.5) is 0 Å². The largest absolute Gasteiger partial charge is 0.478 e. The van der Waals surface area contributed by atoms with E-state index in [0.717, 1.165) is 23.7 Å². The van der Waals surface area contributed by atoms with Gasteiger partial charge in [0, 0.05) is 15.1 Å². The van der Waals surface area contributed by atoms with Gasteiger partial charge in [-0.05, 0) is 40.5 Å². The molecule has 1 atom stereocenters. The van der Waals surface area contributed by atoms with Crippen LogP contribution >= 0.6 is 27.7 Å². The predicted octanol–water partition coefficient (Wildman–Crippen LogP) is 3.00. The van der Waals surface area contributed by atoms with Crippen LogP contribution in [0.2, 0.25) is 0 Å². The normalized spacial score (nSPS) is 19.7. The Labute approximate surface area is 118 Å². The zero-order valence-corrected chi connectivity index (χ0v) is 12.0. The third-order valence-corrected chi connectivity index (χ3v) is 4.39. The summed E-state index contributed by atoms with van der Waals surface area (Å²) in [5.41, 5.74) is 0.285. The first-order chi connectivity index (χ1) is 8.66. The van der Waals surface area contributed by atoms with Crippen LogP contribution < -0.4 is 0 Å². The number of hydrogen-bond acceptors (Lipinski definition) is 4. The Hall–Kier alpha value is -0.560. The minimum atomic E-state index is -0.924. The fraction of sp³-hybridized carbons (Fsp3) is 0.417. The van der Waals surface area contributed by atoms with Gasteiger partial charge in [0.1, 0.15) is 6.79 Å². The van der Waals surface area contributed by atoms with Gasteiger partial charge in [-0.3, -0.25) is 0 Å². The van der Waals surface area contributed by atoms with Crippen molar-refractivity contribution >= 4 is 33.7 Å². The van der Waals surface area contributed by atoms with Crippen LogP contribution in [0.15, 0.2) is 27.6 Å². The molecule has 1 fully saturated rings. The van der Waals surface area contributed by atoms with E-state index >= 15 is 0 Å². The maximum absolute atomic E-state index is 11.0. The molecule has 0 aromatic heterocycles. The first-order valence-corrected chi connectivity index (χ1v) is 7.29. The number of benzene rings is 1. The van der Waals surface area contributed by atoms with E-state index in [1.54, 1.807) is 23.9 Å². The molecular weight excluding hydrogens is 320 g/mol. The van der Waals surface area contributed by atoms with Gasteiger partial charge in [0.2, 0.25) is 0 Å². The maximum Gasteiger partial charge on any atom is 0.336 e. The van der Waals surface area contributed by atoms with E-state index < -0.39 is 5.97 Å². The van der Waals surface area contributed by atoms with Crippen molar-refractivity contribution < 1.29 is 19.4 Å². The summed E-state index contributed by atoms with van der Waals surface area (Å²) in [6.07, 6.45) is 1.07. The lowest BCUT2D eigenvalue weighted by atomic mass is 10.2. The molecule has 0 bridgehead atoms. The van der Waals surface area contributed by atoms with E-state index in [1.165, 1.54) is 0 Å². The molecule has 0 saturated carbocycles. The molecule has 98 valence electrons. The van der Waals surface area contributed by atoms with Crippen LogP contribution in [-0.2, 0) is 9.47 Å². The molecule has 1 heterocycles. The quantitative estimate of drug-likeness (QED) is 0.859. The molecule has 18 heavy (non-hydrogen) atoms. The molecule has 1 N–H and O–H groups in total. The Balaban J connectivity index is 1.96. The lowest BCUT2D eigenvalue weighted by molar-refractivity contribution is -0.130. The average Bonchev–Trinajstić information content (AvgIpc) is 2.38. The highest BCUT2D eigenvalue weighted by atomic mass is 79.9. The molecule has 1 aliphatic rings. The summed E-state index contributed by atoms with van der Waals surface area (Å²) in [5, 5.41) is 9.03. The molecule has 1 unspecified atom stereocenters. The lowest BCUT2D eigenvalue weighted by Gasteiger charge is -2.22. The highest BCUT2D eigenvalue weighted by molar-refractivity contribution is 9.10. The highest BCUT2D eigenvalue weighted by Gasteiger charge is 2.15. The second-order valence-corrected chi connectivity index (χ2v) is 5.81. The van der Waals surface area contributed by atoms with Gasteiger partial charge in [-0.1, -0.05) is 0 Å². The van der Waals surface area contributed by atoms with Gasteiger partial charge in [-0.15, -0.1) is 11.8 Å². The second kappa shape index (κ2) is 6.56. The number of hydrogen-bond donors (Lipinski definition) is 1. The number of aromatic carboxylic acids is 1. The van der Waals surface area contributed by atoms with E-state index in [2.05, 4.69) is 15.9 Å². The summed E-state index contributed by atoms with van der Waals surface area (Å²) in [6.45, 7) is 1.08. The van der Waals surface area contributed by atoms with Crippen molar-refractivity contribution in [3.63, 3.8) is 0 Å². The molecule has 1 aromatic carbocycles. The van der Waals surface area contributed by atoms with E-state index in [9.17, 15) is 4.79 Å². The topological polar surface area (TPSA) is 55.8 Å². The number of ether oxygens (including phenoxy) is 2. The van der Waals surface area contributed by atoms with Gasteiger partial charge in [-0.25, -0.2) is 4.79 Å². The zero-order valence-electron chi connectivity index (χ0n) is 9.60. The summed E-state index contributed by atoms with van der Waals surface area (Å²) < 4.78 is 11.1. The standard InChI is InChI=1S/C12H13BrO4S/c13-11-2-1-9(5-10(11)12(14)15)18-6-8-3-4-16-7-17-8/h1-2,5,8H,3-4,6-7H2,(H,14,15). The van der Waals surface area contributed by atoms with Crippen molar-refractivity contribution in [2.75, 3.05) is 19.2 Å². The fourth-order valence-electron chi connectivity index (χ4n) is 1.58. The van der Waals surface area contributed by atoms with Crippen molar-refractivity contribution in [2.45, 2.75) is 17.4 Å². The minimum Gasteiger partial charge on any atom is -0.478 e. The Bertz CT molecular complexity index is 432. The first-order valence-electron chi connectivity index (χ1n) is 5.52. The number of carboxylic acids is 1. The third kappa shape index (κ3) is 3.71. The van der Waals surface area contributed by atoms with Crippen LogP contribution in [0, 0.1) is 0 Å². The molecule has 2 rings (SSSR count). The van der Waals surface area contributed by atoms with E-state index in [0.29, 0.717) is 11.3 Å². The van der Waals surface area contributed by atoms with Crippen molar-refractivity contribution in [1.29, 1.82) is 0 Å². The van der Waals surface area contributed by atoms with Crippen LogP contribution in [0.25, 0.3) is 0 Å². The number of carbonyl (C=O) groups is 1. The molecule has 0 aliphatic carbocycles. The van der Waals surface area contributed by atoms with E-state index in [-0.39, 0.29) is 11.7 Å². The molecular formula is C12H13BrO4S. The molecule has 0 spiro atoms. The van der Waals surface area contributed by atoms with Gasteiger partial charge in [0.15, 0.2) is 0 Å². The summed E-state index contributed by atoms with van der Waals surface area (Å²) in [4.78, 5) is 11.9. The van der Waals surface area contributed by atoms with Crippen LogP contribution in [-0.4, -0.2) is 36.3 Å². The minimum absolute atomic E-state index is 0.181. The number of thioether (sulfide) groups is 1. The SMILES string of the molecule is O=C(O)c1cc(SCC2CCOCO2)ccc1Br. The average molecular weight is 333 g/mol. The lowest BCUT2D eigenvalue weighted by Crippen LogP contribution is -2.25. The van der Waals surface area contributed by atoms with Crippen molar-refractivity contribution in [3.8, 4) is 0 Å². The number of carboxylic acid groups (broad SMARTS) is 1. The summed E-state index contributed by atoms with van der Waals surface area (Å²) >= 11 is 4.83. The molecule has 4 nitrogen and oxygen atoms in total. The number of rotatable bonds is 4. The van der Waals surface area contributed by atoms with Gasteiger partial charge < -0.3 is 14.6 Å². The molecule has 6 heteroatoms. The molecule has 1 aliphatic heterocycles.